The zero-order valence-electron chi connectivity index (χ0n) is 35.2. The maximum atomic E-state index is 5.23. The zero-order chi connectivity index (χ0) is 41.6. The first-order chi connectivity index (χ1) is 30.1. The molecule has 0 fully saturated rings. The molecular formula is C56H41BN3S2. The third-order valence-electron chi connectivity index (χ3n) is 13.6. The van der Waals surface area contributed by atoms with Gasteiger partial charge in [0.1, 0.15) is 5.01 Å². The van der Waals surface area contributed by atoms with Crippen molar-refractivity contribution in [3.63, 3.8) is 0 Å². The monoisotopic (exact) mass is 830 g/mol. The third-order valence-corrected chi connectivity index (χ3v) is 15.8. The van der Waals surface area contributed by atoms with Crippen molar-refractivity contribution in [1.82, 2.24) is 9.55 Å². The van der Waals surface area contributed by atoms with Crippen LogP contribution >= 0.6 is 22.7 Å². The van der Waals surface area contributed by atoms with E-state index in [1.165, 1.54) is 102 Å². The van der Waals surface area contributed by atoms with E-state index in [2.05, 4.69) is 203 Å². The number of thiazole rings is 1. The first-order valence-corrected chi connectivity index (χ1v) is 23.2. The smallest absolute Gasteiger partial charge is 0.198 e. The lowest BCUT2D eigenvalue weighted by molar-refractivity contribution is 0.590. The fourth-order valence-electron chi connectivity index (χ4n) is 10.4. The first-order valence-electron chi connectivity index (χ1n) is 21.5. The number of aromatic nitrogens is 2. The van der Waals surface area contributed by atoms with Crippen molar-refractivity contribution in [3.8, 4) is 38.5 Å². The van der Waals surface area contributed by atoms with Gasteiger partial charge in [0.05, 0.1) is 15.7 Å². The number of hydrogen-bond donors (Lipinski definition) is 1. The summed E-state index contributed by atoms with van der Waals surface area (Å²) >= 11 is 3.66. The topological polar surface area (TPSA) is 29.9 Å². The van der Waals surface area contributed by atoms with Gasteiger partial charge in [-0.25, -0.2) is 4.98 Å². The van der Waals surface area contributed by atoms with Gasteiger partial charge < -0.3 is 9.88 Å². The molecule has 0 amide bonds. The number of benzene rings is 8. The van der Waals surface area contributed by atoms with E-state index in [0.717, 1.165) is 27.5 Å². The molecule has 0 spiro atoms. The van der Waals surface area contributed by atoms with Crippen LogP contribution in [0.4, 0.5) is 11.4 Å². The van der Waals surface area contributed by atoms with Gasteiger partial charge in [-0.2, -0.15) is 0 Å². The Morgan fingerprint density at radius 3 is 2.23 bits per heavy atom. The van der Waals surface area contributed by atoms with E-state index in [4.69, 9.17) is 4.98 Å². The van der Waals surface area contributed by atoms with Crippen molar-refractivity contribution in [2.45, 2.75) is 45.4 Å². The molecule has 2 aliphatic rings. The zero-order valence-corrected chi connectivity index (χ0v) is 36.9. The summed E-state index contributed by atoms with van der Waals surface area (Å²) in [6, 6.07) is 56.7. The highest BCUT2D eigenvalue weighted by Crippen LogP contribution is 2.52. The molecule has 1 aliphatic heterocycles. The Bertz CT molecular complexity index is 3690. The van der Waals surface area contributed by atoms with Crippen LogP contribution < -0.4 is 16.2 Å². The molecule has 0 bridgehead atoms. The van der Waals surface area contributed by atoms with Crippen LogP contribution in [0.3, 0.4) is 0 Å². The van der Waals surface area contributed by atoms with Gasteiger partial charge in [0.25, 0.3) is 0 Å². The molecule has 0 unspecified atom stereocenters. The Morgan fingerprint density at radius 1 is 0.597 bits per heavy atom. The standard InChI is InChI=1S/C56H41BN3S2/c1-55(2,3)32-19-21-33(22-20-32)58-45-27-43-38(34-15-9-11-17-42(34)56(43,4)5)25-39(45)36-23-24-37-40-26-41-35-16-10-12-18-49(35)61-50(41)29-47(40)60-48-30-51-46(28-44(48)57-52(36)53(37)60)59-54(62-51)31-13-7-6-8-14-31/h6-30,58H,1-5H3. The molecule has 0 saturated carbocycles. The molecule has 3 aromatic heterocycles. The van der Waals surface area contributed by atoms with Crippen molar-refractivity contribution in [1.29, 1.82) is 0 Å². The number of nitrogens with zero attached hydrogens (tertiary/aromatic N) is 2. The molecule has 1 N–H and O–H groups in total. The molecule has 8 aromatic carbocycles. The first kappa shape index (κ1) is 36.2. The number of nitrogens with one attached hydrogen (secondary N) is 1. The summed E-state index contributed by atoms with van der Waals surface area (Å²) in [4.78, 5) is 5.23. The van der Waals surface area contributed by atoms with Gasteiger partial charge in [-0.05, 0) is 98.9 Å². The Balaban J connectivity index is 1.09. The molecule has 6 heteroatoms. The third kappa shape index (κ3) is 5.20. The predicted octanol–water partition coefficient (Wildman–Crippen LogP) is 14.4. The van der Waals surface area contributed by atoms with E-state index in [1.807, 2.05) is 11.3 Å². The second-order valence-corrected chi connectivity index (χ2v) is 20.8. The fourth-order valence-corrected chi connectivity index (χ4v) is 12.5. The number of rotatable bonds is 4. The van der Waals surface area contributed by atoms with Crippen LogP contribution in [-0.2, 0) is 10.8 Å². The van der Waals surface area contributed by atoms with Gasteiger partial charge in [-0.3, -0.25) is 0 Å². The van der Waals surface area contributed by atoms with Gasteiger partial charge in [0.2, 0.25) is 0 Å². The van der Waals surface area contributed by atoms with Crippen LogP contribution in [0, 0.1) is 0 Å². The maximum absolute atomic E-state index is 5.23. The van der Waals surface area contributed by atoms with E-state index < -0.39 is 0 Å². The number of thiophene rings is 1. The summed E-state index contributed by atoms with van der Waals surface area (Å²) in [5, 5.41) is 10.2. The molecule has 4 heterocycles. The molecule has 13 rings (SSSR count). The largest absolute Gasteiger partial charge is 0.355 e. The highest BCUT2D eigenvalue weighted by Gasteiger charge is 2.37. The summed E-state index contributed by atoms with van der Waals surface area (Å²) in [7, 11) is 2.44. The number of hydrogen-bond acceptors (Lipinski definition) is 4. The molecule has 1 radical (unpaired) electrons. The quantitative estimate of drug-likeness (QED) is 0.179. The molecule has 62 heavy (non-hydrogen) atoms. The van der Waals surface area contributed by atoms with Gasteiger partial charge in [-0.1, -0.05) is 137 Å². The van der Waals surface area contributed by atoms with Crippen LogP contribution in [0.2, 0.25) is 0 Å². The Kier molecular flexibility index (Phi) is 7.47. The minimum atomic E-state index is -0.138. The lowest BCUT2D eigenvalue weighted by Crippen LogP contribution is -2.37. The summed E-state index contributed by atoms with van der Waals surface area (Å²) in [5.74, 6) is 0. The SMILES string of the molecule is CC(C)(C)c1ccc(Nc2cc3c(cc2-c2ccc4c5cc6c(cc5n5c4c2[B]c2cc4nc(-c7ccccc7)sc4cc2-5)sc2ccccc26)-c2ccccc2C3(C)C)cc1. The number of anilines is 2. The maximum Gasteiger partial charge on any atom is 0.198 e. The van der Waals surface area contributed by atoms with E-state index in [9.17, 15) is 0 Å². The summed E-state index contributed by atoms with van der Waals surface area (Å²) < 4.78 is 6.39. The molecule has 0 atom stereocenters. The molecule has 295 valence electrons. The van der Waals surface area contributed by atoms with Crippen molar-refractivity contribution in [3.05, 3.63) is 168 Å². The van der Waals surface area contributed by atoms with Crippen molar-refractivity contribution < 1.29 is 0 Å². The molecule has 11 aromatic rings. The van der Waals surface area contributed by atoms with Crippen LogP contribution in [0.1, 0.15) is 51.3 Å². The highest BCUT2D eigenvalue weighted by molar-refractivity contribution is 7.26. The van der Waals surface area contributed by atoms with E-state index in [-0.39, 0.29) is 10.8 Å². The van der Waals surface area contributed by atoms with Crippen LogP contribution in [0.25, 0.3) is 90.7 Å². The van der Waals surface area contributed by atoms with Gasteiger partial charge in [0.15, 0.2) is 7.28 Å². The average molecular weight is 831 g/mol. The summed E-state index contributed by atoms with van der Waals surface area (Å²) in [5.41, 5.74) is 19.5. The second-order valence-electron chi connectivity index (χ2n) is 18.7. The lowest BCUT2D eigenvalue weighted by Gasteiger charge is -2.26. The minimum Gasteiger partial charge on any atom is -0.355 e. The Morgan fingerprint density at radius 2 is 1.39 bits per heavy atom. The van der Waals surface area contributed by atoms with E-state index >= 15 is 0 Å². The van der Waals surface area contributed by atoms with Gasteiger partial charge in [-0.15, -0.1) is 22.7 Å². The molecule has 0 saturated heterocycles. The molecule has 3 nitrogen and oxygen atoms in total. The Hall–Kier alpha value is -6.47. The van der Waals surface area contributed by atoms with Crippen LogP contribution in [-0.4, -0.2) is 16.8 Å². The van der Waals surface area contributed by atoms with Crippen molar-refractivity contribution >= 4 is 104 Å². The van der Waals surface area contributed by atoms with Gasteiger partial charge >= 0.3 is 0 Å². The van der Waals surface area contributed by atoms with Crippen LogP contribution in [0.5, 0.6) is 0 Å². The van der Waals surface area contributed by atoms with Crippen molar-refractivity contribution in [2.75, 3.05) is 5.32 Å². The Labute approximate surface area is 369 Å². The minimum absolute atomic E-state index is 0.0746. The predicted molar refractivity (Wildman–Crippen MR) is 269 cm³/mol. The summed E-state index contributed by atoms with van der Waals surface area (Å²) in [6.45, 7) is 11.6. The highest BCUT2D eigenvalue weighted by atomic mass is 32.1. The van der Waals surface area contributed by atoms with Gasteiger partial charge in [0, 0.05) is 70.1 Å². The fraction of sp³-hybridized carbons (Fsp3) is 0.125. The van der Waals surface area contributed by atoms with Crippen molar-refractivity contribution in [2.24, 2.45) is 0 Å². The normalized spacial score (nSPS) is 13.8. The molecular weight excluding hydrogens is 790 g/mol. The lowest BCUT2D eigenvalue weighted by atomic mass is 9.59. The summed E-state index contributed by atoms with van der Waals surface area (Å²) in [6.07, 6.45) is 0. The molecule has 1 aliphatic carbocycles. The van der Waals surface area contributed by atoms with E-state index in [0.29, 0.717) is 0 Å². The van der Waals surface area contributed by atoms with E-state index in [1.54, 1.807) is 11.3 Å². The number of fused-ring (bicyclic) bond motifs is 12. The second kappa shape index (κ2) is 12.8. The average Bonchev–Trinajstić information content (AvgIpc) is 4.01. The van der Waals surface area contributed by atoms with Crippen LogP contribution in [0.15, 0.2) is 152 Å².